The number of carbonyl (C=O) groups excluding carboxylic acids is 1. The molecule has 0 bridgehead atoms. The van der Waals surface area contributed by atoms with Gasteiger partial charge in [-0.2, -0.15) is 0 Å². The predicted octanol–water partition coefficient (Wildman–Crippen LogP) is 5.97. The van der Waals surface area contributed by atoms with Gasteiger partial charge in [-0.1, -0.05) is 44.0 Å². The molecular formula is C26H34ClNO3. The number of nitrogens with zero attached hydrogens (tertiary/aromatic N) is 1. The van der Waals surface area contributed by atoms with Crippen LogP contribution in [0.1, 0.15) is 60.2 Å². The molecule has 4 rings (SSSR count). The average Bonchev–Trinajstić information content (AvgIpc) is 3.11. The summed E-state index contributed by atoms with van der Waals surface area (Å²) in [7, 11) is 3.24. The molecule has 1 aliphatic heterocycles. The van der Waals surface area contributed by atoms with Gasteiger partial charge in [-0.25, -0.2) is 0 Å². The first-order chi connectivity index (χ1) is 15.1. The van der Waals surface area contributed by atoms with Crippen LogP contribution in [0.25, 0.3) is 0 Å². The molecule has 0 saturated heterocycles. The second-order valence-electron chi connectivity index (χ2n) is 8.03. The molecule has 1 heterocycles. The van der Waals surface area contributed by atoms with Crippen molar-refractivity contribution in [2.75, 3.05) is 27.3 Å². The maximum Gasteiger partial charge on any atom is 0.166 e. The van der Waals surface area contributed by atoms with Crippen molar-refractivity contribution in [2.45, 2.75) is 52.5 Å². The van der Waals surface area contributed by atoms with E-state index in [1.165, 1.54) is 11.1 Å². The fourth-order valence-electron chi connectivity index (χ4n) is 4.67. The molecule has 2 aromatic rings. The molecule has 2 aromatic carbocycles. The number of ether oxygens (including phenoxy) is 2. The van der Waals surface area contributed by atoms with Crippen molar-refractivity contribution < 1.29 is 14.3 Å². The van der Waals surface area contributed by atoms with E-state index in [9.17, 15) is 4.79 Å². The first kappa shape index (κ1) is 23.6. The van der Waals surface area contributed by atoms with Gasteiger partial charge in [0, 0.05) is 29.6 Å². The van der Waals surface area contributed by atoms with Gasteiger partial charge in [-0.15, -0.1) is 0 Å². The van der Waals surface area contributed by atoms with Crippen LogP contribution in [-0.2, 0) is 19.4 Å². The lowest BCUT2D eigenvalue weighted by atomic mass is 9.97. The molecule has 2 aliphatic rings. The molecule has 168 valence electrons. The molecule has 0 N–H and O–H groups in total. The topological polar surface area (TPSA) is 38.8 Å². The van der Waals surface area contributed by atoms with Gasteiger partial charge in [0.15, 0.2) is 17.3 Å². The quantitative estimate of drug-likeness (QED) is 0.494. The Morgan fingerprint density at radius 2 is 1.81 bits per heavy atom. The zero-order valence-electron chi connectivity index (χ0n) is 19.2. The molecule has 0 amide bonds. The molecule has 0 saturated carbocycles. The number of hydrogen-bond acceptors (Lipinski definition) is 4. The summed E-state index contributed by atoms with van der Waals surface area (Å²) in [6.45, 7) is 7.11. The van der Waals surface area contributed by atoms with Crippen molar-refractivity contribution in [1.82, 2.24) is 4.90 Å². The van der Waals surface area contributed by atoms with Gasteiger partial charge in [0.2, 0.25) is 0 Å². The Morgan fingerprint density at radius 3 is 2.55 bits per heavy atom. The van der Waals surface area contributed by atoms with Crippen molar-refractivity contribution in [1.29, 1.82) is 0 Å². The lowest BCUT2D eigenvalue weighted by Crippen LogP contribution is -2.31. The van der Waals surface area contributed by atoms with Crippen molar-refractivity contribution in [2.24, 2.45) is 5.92 Å². The van der Waals surface area contributed by atoms with Crippen LogP contribution in [0.15, 0.2) is 30.3 Å². The Kier molecular flexibility index (Phi) is 8.39. The smallest absolute Gasteiger partial charge is 0.166 e. The summed E-state index contributed by atoms with van der Waals surface area (Å²) < 4.78 is 10.7. The molecule has 1 aliphatic carbocycles. The van der Waals surface area contributed by atoms with Crippen molar-refractivity contribution in [3.63, 3.8) is 0 Å². The van der Waals surface area contributed by atoms with E-state index in [0.717, 1.165) is 67.9 Å². The molecule has 1 atom stereocenters. The van der Waals surface area contributed by atoms with E-state index in [4.69, 9.17) is 21.1 Å². The average molecular weight is 444 g/mol. The van der Waals surface area contributed by atoms with Crippen LogP contribution in [-0.4, -0.2) is 38.0 Å². The largest absolute Gasteiger partial charge is 0.493 e. The van der Waals surface area contributed by atoms with E-state index >= 15 is 0 Å². The highest BCUT2D eigenvalue weighted by molar-refractivity contribution is 6.31. The zero-order valence-corrected chi connectivity index (χ0v) is 19.9. The Hall–Kier alpha value is -2.04. The number of rotatable bonds is 7. The van der Waals surface area contributed by atoms with Crippen LogP contribution >= 0.6 is 11.6 Å². The van der Waals surface area contributed by atoms with Gasteiger partial charge in [-0.05, 0) is 67.1 Å². The highest BCUT2D eigenvalue weighted by Gasteiger charge is 2.31. The third-order valence-corrected chi connectivity index (χ3v) is 6.63. The molecule has 1 unspecified atom stereocenters. The molecule has 0 radical (unpaired) electrons. The fraction of sp³-hybridized carbons (Fsp3) is 0.500. The van der Waals surface area contributed by atoms with E-state index in [2.05, 4.69) is 11.0 Å². The van der Waals surface area contributed by atoms with Crippen LogP contribution in [0.4, 0.5) is 0 Å². The van der Waals surface area contributed by atoms with Gasteiger partial charge in [0.05, 0.1) is 14.2 Å². The number of Topliss-reactive ketones (excluding diaryl/α,β-unsaturated/α-hetero) is 1. The Balaban J connectivity index is 0.00000132. The minimum Gasteiger partial charge on any atom is -0.493 e. The lowest BCUT2D eigenvalue weighted by molar-refractivity contribution is 0.0928. The third-order valence-electron chi connectivity index (χ3n) is 6.28. The zero-order chi connectivity index (χ0) is 22.4. The monoisotopic (exact) mass is 443 g/mol. The number of hydrogen-bond donors (Lipinski definition) is 0. The van der Waals surface area contributed by atoms with Crippen molar-refractivity contribution >= 4 is 17.4 Å². The summed E-state index contributed by atoms with van der Waals surface area (Å²) in [6.07, 6.45) is 4.95. The Bertz CT molecular complexity index is 912. The Morgan fingerprint density at radius 1 is 1.06 bits per heavy atom. The number of fused-ring (bicyclic) bond motifs is 2. The minimum absolute atomic E-state index is 0.0858. The van der Waals surface area contributed by atoms with Gasteiger partial charge in [0.25, 0.3) is 0 Å². The standard InChI is InChI=1S/C24H28ClNO3.C2H6/c1-28-22-13-18-12-16(24(27)20(18)14-23(22)29-2)6-3-4-10-26-11-9-19-17(15-26)7-5-8-21(19)25;1-2/h5,7-8,13-14,16H,3-4,6,9-12,15H2,1-2H3;1-2H3. The number of carbonyl (C=O) groups is 1. The molecule has 31 heavy (non-hydrogen) atoms. The van der Waals surface area contributed by atoms with E-state index in [1.54, 1.807) is 14.2 Å². The second-order valence-corrected chi connectivity index (χ2v) is 8.44. The summed E-state index contributed by atoms with van der Waals surface area (Å²) >= 11 is 6.31. The van der Waals surface area contributed by atoms with E-state index in [-0.39, 0.29) is 11.7 Å². The molecular weight excluding hydrogens is 410 g/mol. The summed E-state index contributed by atoms with van der Waals surface area (Å²) in [6, 6.07) is 10.0. The first-order valence-corrected chi connectivity index (χ1v) is 11.8. The highest BCUT2D eigenvalue weighted by atomic mass is 35.5. The highest BCUT2D eigenvalue weighted by Crippen LogP contribution is 2.38. The molecule has 0 spiro atoms. The summed E-state index contributed by atoms with van der Waals surface area (Å²) in [5, 5.41) is 0.898. The molecule has 4 nitrogen and oxygen atoms in total. The molecule has 0 fully saturated rings. The predicted molar refractivity (Wildman–Crippen MR) is 127 cm³/mol. The van der Waals surface area contributed by atoms with E-state index < -0.39 is 0 Å². The summed E-state index contributed by atoms with van der Waals surface area (Å²) in [5.74, 6) is 1.67. The van der Waals surface area contributed by atoms with E-state index in [0.29, 0.717) is 11.5 Å². The lowest BCUT2D eigenvalue weighted by Gasteiger charge is -2.29. The SMILES string of the molecule is CC.COc1cc2c(cc1OC)C(=O)C(CCCCN1CCc3c(Cl)cccc3C1)C2. The minimum atomic E-state index is 0.0858. The maximum atomic E-state index is 12.8. The fourth-order valence-corrected chi connectivity index (χ4v) is 4.96. The maximum absolute atomic E-state index is 12.8. The first-order valence-electron chi connectivity index (χ1n) is 11.4. The Labute approximate surface area is 191 Å². The number of methoxy groups -OCH3 is 2. The van der Waals surface area contributed by atoms with Crippen molar-refractivity contribution in [3.05, 3.63) is 57.6 Å². The second kappa shape index (κ2) is 11.0. The summed E-state index contributed by atoms with van der Waals surface area (Å²) in [5.41, 5.74) is 4.55. The van der Waals surface area contributed by atoms with Crippen LogP contribution in [0.2, 0.25) is 5.02 Å². The van der Waals surface area contributed by atoms with Gasteiger partial charge < -0.3 is 9.47 Å². The number of halogens is 1. The van der Waals surface area contributed by atoms with E-state index in [1.807, 2.05) is 38.1 Å². The number of unbranched alkanes of at least 4 members (excludes halogenated alkanes) is 1. The normalized spacial score (nSPS) is 17.5. The van der Waals surface area contributed by atoms with Gasteiger partial charge >= 0.3 is 0 Å². The number of benzene rings is 2. The third kappa shape index (κ3) is 5.24. The van der Waals surface area contributed by atoms with Crippen molar-refractivity contribution in [3.8, 4) is 11.5 Å². The molecule has 5 heteroatoms. The van der Waals surface area contributed by atoms with Crippen LogP contribution < -0.4 is 9.47 Å². The van der Waals surface area contributed by atoms with Gasteiger partial charge in [0.1, 0.15) is 0 Å². The summed E-state index contributed by atoms with van der Waals surface area (Å²) in [4.78, 5) is 15.3. The van der Waals surface area contributed by atoms with Crippen LogP contribution in [0, 0.1) is 5.92 Å². The molecule has 0 aromatic heterocycles. The van der Waals surface area contributed by atoms with Gasteiger partial charge in [-0.3, -0.25) is 9.69 Å². The number of ketones is 1. The van der Waals surface area contributed by atoms with Crippen LogP contribution in [0.5, 0.6) is 11.5 Å². The van der Waals surface area contributed by atoms with Crippen LogP contribution in [0.3, 0.4) is 0 Å².